The average molecular weight is 455 g/mol. The normalized spacial score (nSPS) is 21.5. The highest BCUT2D eigenvalue weighted by Gasteiger charge is 2.42. The molecule has 1 aliphatic heterocycles. The standard InChI is InChI=1S/C28H24FN3O2/c29-20-9-6-18(7-10-20)15-24-28(34)32-25-13-8-19-16-21(33)11-12-22(19)26(25)30-23(27(32)31-24)14-17-4-2-1-3-5-17/h2,4-9,11-13,16,20,24,33H,1,3,10,14-15H2/p+1/t20-,24?/m0/s1. The fraction of sp³-hybridized carbons (Fsp3) is 0.250. The smallest absolute Gasteiger partial charge is 0.348 e. The molecule has 2 aromatic carbocycles. The van der Waals surface area contributed by atoms with Crippen LogP contribution in [-0.2, 0) is 6.42 Å². The largest absolute Gasteiger partial charge is 0.359 e. The Morgan fingerprint density at radius 1 is 1.03 bits per heavy atom. The van der Waals surface area contributed by atoms with Gasteiger partial charge in [-0.1, -0.05) is 36.5 Å². The van der Waals surface area contributed by atoms with Crippen molar-refractivity contribution in [2.24, 2.45) is 0 Å². The van der Waals surface area contributed by atoms with E-state index in [9.17, 15) is 14.0 Å². The second-order valence-electron chi connectivity index (χ2n) is 9.19. The molecule has 2 heterocycles. The van der Waals surface area contributed by atoms with Crippen LogP contribution < -0.4 is 15.3 Å². The van der Waals surface area contributed by atoms with Crippen LogP contribution in [0.3, 0.4) is 0 Å². The fourth-order valence-electron chi connectivity index (χ4n) is 5.14. The first kappa shape index (κ1) is 20.8. The number of allylic oxidation sites excluding steroid dienone is 7. The van der Waals surface area contributed by atoms with Crippen LogP contribution in [0.15, 0.2) is 82.7 Å². The summed E-state index contributed by atoms with van der Waals surface area (Å²) >= 11 is 0. The van der Waals surface area contributed by atoms with Crippen LogP contribution in [0.25, 0.3) is 21.8 Å². The van der Waals surface area contributed by atoms with Gasteiger partial charge >= 0.3 is 11.7 Å². The van der Waals surface area contributed by atoms with Crippen molar-refractivity contribution in [3.8, 4) is 0 Å². The molecule has 2 atom stereocenters. The molecule has 6 heteroatoms. The number of halogens is 1. The fourth-order valence-corrected chi connectivity index (χ4v) is 5.14. The molecule has 0 bridgehead atoms. The minimum atomic E-state index is -0.951. The lowest BCUT2D eigenvalue weighted by Gasteiger charge is -2.11. The molecule has 1 aromatic heterocycles. The summed E-state index contributed by atoms with van der Waals surface area (Å²) in [7, 11) is 0. The number of carbonyl (C=O) groups excluding carboxylic acids is 1. The van der Waals surface area contributed by atoms with E-state index in [0.717, 1.165) is 51.7 Å². The number of hydrogen-bond acceptors (Lipinski definition) is 3. The summed E-state index contributed by atoms with van der Waals surface area (Å²) in [4.78, 5) is 29.2. The van der Waals surface area contributed by atoms with Crippen molar-refractivity contribution in [2.45, 2.75) is 44.3 Å². The lowest BCUT2D eigenvalue weighted by Crippen LogP contribution is -2.44. The van der Waals surface area contributed by atoms with Gasteiger partial charge in [-0.05, 0) is 59.7 Å². The van der Waals surface area contributed by atoms with Gasteiger partial charge in [0.1, 0.15) is 11.9 Å². The molecule has 1 unspecified atom stereocenters. The van der Waals surface area contributed by atoms with E-state index in [-0.39, 0.29) is 11.3 Å². The third-order valence-electron chi connectivity index (χ3n) is 6.84. The molecule has 3 aliphatic rings. The third kappa shape index (κ3) is 3.59. The average Bonchev–Trinajstić information content (AvgIpc) is 3.17. The van der Waals surface area contributed by atoms with Gasteiger partial charge in [-0.15, -0.1) is 0 Å². The van der Waals surface area contributed by atoms with Crippen LogP contribution in [0, 0.1) is 0 Å². The second kappa shape index (κ2) is 8.20. The summed E-state index contributed by atoms with van der Waals surface area (Å²) in [6.45, 7) is 0. The van der Waals surface area contributed by atoms with Gasteiger partial charge in [0.15, 0.2) is 17.0 Å². The molecule has 3 aromatic rings. The van der Waals surface area contributed by atoms with E-state index in [1.165, 1.54) is 5.57 Å². The second-order valence-corrected chi connectivity index (χ2v) is 9.19. The molecule has 0 saturated carbocycles. The quantitative estimate of drug-likeness (QED) is 0.438. The Balaban J connectivity index is 1.49. The predicted octanol–water partition coefficient (Wildman–Crippen LogP) is 4.84. The van der Waals surface area contributed by atoms with Gasteiger partial charge in [-0.3, -0.25) is 10.1 Å². The zero-order chi connectivity index (χ0) is 23.2. The minimum Gasteiger partial charge on any atom is -0.348 e. The molecule has 6 rings (SSSR count). The van der Waals surface area contributed by atoms with E-state index in [4.69, 9.17) is 0 Å². The maximum Gasteiger partial charge on any atom is 0.359 e. The zero-order valence-electron chi connectivity index (χ0n) is 18.7. The molecule has 34 heavy (non-hydrogen) atoms. The van der Waals surface area contributed by atoms with Crippen molar-refractivity contribution in [3.63, 3.8) is 0 Å². The highest BCUT2D eigenvalue weighted by atomic mass is 19.1. The highest BCUT2D eigenvalue weighted by Crippen LogP contribution is 2.30. The van der Waals surface area contributed by atoms with E-state index in [2.05, 4.69) is 28.5 Å². The number of anilines is 1. The summed E-state index contributed by atoms with van der Waals surface area (Å²) in [6, 6.07) is 8.36. The summed E-state index contributed by atoms with van der Waals surface area (Å²) in [5, 5.41) is 5.21. The van der Waals surface area contributed by atoms with Crippen molar-refractivity contribution in [1.82, 2.24) is 4.98 Å². The van der Waals surface area contributed by atoms with Gasteiger partial charge in [0.2, 0.25) is 0 Å². The molecule has 2 aliphatic carbocycles. The van der Waals surface area contributed by atoms with Gasteiger partial charge in [0.25, 0.3) is 0 Å². The molecule has 0 radical (unpaired) electrons. The number of hydrogen-bond donors (Lipinski definition) is 2. The Bertz CT molecular complexity index is 1530. The number of H-pyrrole nitrogens is 1. The van der Waals surface area contributed by atoms with Crippen molar-refractivity contribution in [3.05, 3.63) is 93.9 Å². The van der Waals surface area contributed by atoms with E-state index in [1.807, 2.05) is 24.3 Å². The Morgan fingerprint density at radius 3 is 2.74 bits per heavy atom. The molecule has 170 valence electrons. The first-order valence-corrected chi connectivity index (χ1v) is 11.8. The number of aromatic amines is 1. The molecule has 0 amide bonds. The van der Waals surface area contributed by atoms with E-state index in [0.29, 0.717) is 19.3 Å². The lowest BCUT2D eigenvalue weighted by atomic mass is 9.99. The van der Waals surface area contributed by atoms with Gasteiger partial charge in [0.05, 0.1) is 5.52 Å². The van der Waals surface area contributed by atoms with Crippen molar-refractivity contribution >= 4 is 33.5 Å². The number of nitrogens with one attached hydrogen (secondary N) is 2. The van der Waals surface area contributed by atoms with E-state index in [1.54, 1.807) is 28.9 Å². The van der Waals surface area contributed by atoms with Crippen LogP contribution in [0.1, 0.15) is 36.2 Å². The summed E-state index contributed by atoms with van der Waals surface area (Å²) in [5.74, 6) is 0.741. The van der Waals surface area contributed by atoms with Gasteiger partial charge in [-0.25, -0.2) is 9.18 Å². The molecular weight excluding hydrogens is 429 g/mol. The maximum absolute atomic E-state index is 13.7. The van der Waals surface area contributed by atoms with Crippen LogP contribution in [0.2, 0.25) is 0 Å². The first-order chi connectivity index (χ1) is 16.6. The zero-order valence-corrected chi connectivity index (χ0v) is 18.7. The van der Waals surface area contributed by atoms with Crippen LogP contribution in [0.4, 0.5) is 10.2 Å². The highest BCUT2D eigenvalue weighted by molar-refractivity contribution is 6.04. The van der Waals surface area contributed by atoms with Gasteiger partial charge in [-0.2, -0.15) is 4.57 Å². The Labute approximate surface area is 196 Å². The number of alkyl halides is 1. The van der Waals surface area contributed by atoms with Crippen LogP contribution in [0.5, 0.6) is 0 Å². The number of carbonyl (C=O) groups is 1. The number of aromatic nitrogens is 2. The Morgan fingerprint density at radius 2 is 1.94 bits per heavy atom. The first-order valence-electron chi connectivity index (χ1n) is 11.8. The molecule has 0 saturated heterocycles. The molecular formula is C28H25FN3O2+. The molecule has 2 N–H and O–H groups in total. The molecule has 0 spiro atoms. The van der Waals surface area contributed by atoms with Gasteiger partial charge in [0, 0.05) is 24.6 Å². The summed E-state index contributed by atoms with van der Waals surface area (Å²) in [5.41, 5.74) is 4.67. The Hall–Kier alpha value is -3.80. The van der Waals surface area contributed by atoms with Gasteiger partial charge < -0.3 is 4.98 Å². The maximum atomic E-state index is 13.7. The van der Waals surface area contributed by atoms with E-state index >= 15 is 0 Å². The summed E-state index contributed by atoms with van der Waals surface area (Å²) in [6.07, 6.45) is 14.4. The monoisotopic (exact) mass is 454 g/mol. The van der Waals surface area contributed by atoms with Crippen LogP contribution >= 0.6 is 0 Å². The van der Waals surface area contributed by atoms with Crippen molar-refractivity contribution in [1.29, 1.82) is 0 Å². The molecule has 0 fully saturated rings. The van der Waals surface area contributed by atoms with Crippen molar-refractivity contribution < 1.29 is 13.8 Å². The third-order valence-corrected chi connectivity index (χ3v) is 6.84. The minimum absolute atomic E-state index is 0.0279. The topological polar surface area (TPSA) is 65.8 Å². The number of nitrogens with zero attached hydrogens (tertiary/aromatic N) is 1. The lowest BCUT2D eigenvalue weighted by molar-refractivity contribution is -0.524. The summed E-state index contributed by atoms with van der Waals surface area (Å²) < 4.78 is 15.3. The molecule has 5 nitrogen and oxygen atoms in total. The van der Waals surface area contributed by atoms with Crippen molar-refractivity contribution in [2.75, 3.05) is 5.32 Å². The predicted molar refractivity (Wildman–Crippen MR) is 132 cm³/mol. The Kier molecular flexibility index (Phi) is 5.01. The van der Waals surface area contributed by atoms with E-state index < -0.39 is 12.2 Å². The van der Waals surface area contributed by atoms with Crippen LogP contribution in [-0.4, -0.2) is 23.1 Å². The number of fused-ring (bicyclic) bond motifs is 5. The number of benzene rings is 2. The SMILES string of the molecule is O=C1C(CC2=CC[C@@H](F)C=C2)Nc2c(CC3=CCCC=C3)[nH]c3c4ccc(=O)cc4ccc3[n+]21. The number of rotatable bonds is 4.